The smallest absolute Gasteiger partial charge is 0.237 e. The minimum absolute atomic E-state index is 0.0835. The van der Waals surface area contributed by atoms with E-state index in [1.165, 1.54) is 0 Å². The van der Waals surface area contributed by atoms with Crippen LogP contribution in [0.15, 0.2) is 97.2 Å². The summed E-state index contributed by atoms with van der Waals surface area (Å²) in [6, 6.07) is 27.8. The molecule has 5 nitrogen and oxygen atoms in total. The second-order valence-electron chi connectivity index (χ2n) is 9.63. The number of phenolic OH excluding ortho intramolecular Hbond substituents is 1. The molecule has 182 valence electrons. The van der Waals surface area contributed by atoms with Crippen molar-refractivity contribution >= 4 is 11.6 Å². The molecule has 1 aliphatic rings. The summed E-state index contributed by atoms with van der Waals surface area (Å²) in [5, 5.41) is 9.95. The average molecular weight is 470 g/mol. The molecule has 0 spiro atoms. The summed E-state index contributed by atoms with van der Waals surface area (Å²) < 4.78 is 0. The monoisotopic (exact) mass is 469 g/mol. The number of likely N-dealkylation sites (N-methyl/N-ethyl adjacent to an activating group) is 1. The Morgan fingerprint density at radius 2 is 1.60 bits per heavy atom. The van der Waals surface area contributed by atoms with Crippen LogP contribution in [0.3, 0.4) is 0 Å². The highest BCUT2D eigenvalue weighted by molar-refractivity contribution is 5.92. The Morgan fingerprint density at radius 3 is 2.11 bits per heavy atom. The number of aromatic hydroxyl groups is 1. The lowest BCUT2D eigenvalue weighted by Crippen LogP contribution is -2.52. The molecule has 0 aromatic heterocycles. The Kier molecular flexibility index (Phi) is 7.27. The molecule has 1 unspecified atom stereocenters. The van der Waals surface area contributed by atoms with Gasteiger partial charge in [0.15, 0.2) is 0 Å². The molecule has 1 N–H and O–H groups in total. The van der Waals surface area contributed by atoms with E-state index in [9.17, 15) is 9.90 Å². The van der Waals surface area contributed by atoms with Gasteiger partial charge in [-0.1, -0.05) is 73.3 Å². The molecule has 3 aromatic carbocycles. The molecule has 1 fully saturated rings. The molecule has 35 heavy (non-hydrogen) atoms. The van der Waals surface area contributed by atoms with Crippen molar-refractivity contribution in [2.24, 2.45) is 0 Å². The molecule has 3 aromatic rings. The molecule has 5 heteroatoms. The minimum Gasteiger partial charge on any atom is -0.508 e. The lowest BCUT2D eigenvalue weighted by atomic mass is 9.70. The van der Waals surface area contributed by atoms with Crippen LogP contribution in [0.5, 0.6) is 5.75 Å². The fourth-order valence-corrected chi connectivity index (χ4v) is 5.38. The fraction of sp³-hybridized carbons (Fsp3) is 0.300. The third kappa shape index (κ3) is 4.96. The van der Waals surface area contributed by atoms with E-state index in [0.29, 0.717) is 13.0 Å². The maximum atomic E-state index is 13.9. The van der Waals surface area contributed by atoms with Crippen molar-refractivity contribution in [3.05, 3.63) is 108 Å². The van der Waals surface area contributed by atoms with E-state index in [1.54, 1.807) is 17.0 Å². The molecule has 1 heterocycles. The van der Waals surface area contributed by atoms with Gasteiger partial charge in [0.1, 0.15) is 11.2 Å². The van der Waals surface area contributed by atoms with Crippen LogP contribution in [0.2, 0.25) is 0 Å². The van der Waals surface area contributed by atoms with Gasteiger partial charge in [-0.2, -0.15) is 0 Å². The summed E-state index contributed by atoms with van der Waals surface area (Å²) in [5.74, 6) is 0.336. The zero-order chi connectivity index (χ0) is 25.0. The molecule has 1 saturated heterocycles. The summed E-state index contributed by atoms with van der Waals surface area (Å²) >= 11 is 0. The highest BCUT2D eigenvalue weighted by Gasteiger charge is 2.43. The van der Waals surface area contributed by atoms with E-state index in [1.807, 2.05) is 62.6 Å². The van der Waals surface area contributed by atoms with Crippen LogP contribution < -0.4 is 4.90 Å². The average Bonchev–Trinajstić information content (AvgIpc) is 2.85. The van der Waals surface area contributed by atoms with Crippen LogP contribution in [-0.4, -0.2) is 60.6 Å². The van der Waals surface area contributed by atoms with Gasteiger partial charge in [0, 0.05) is 57.2 Å². The number of carbonyl (C=O) groups excluding carboxylic acids is 1. The van der Waals surface area contributed by atoms with Crippen molar-refractivity contribution in [1.82, 2.24) is 9.80 Å². The van der Waals surface area contributed by atoms with Gasteiger partial charge >= 0.3 is 0 Å². The Bertz CT molecular complexity index is 1120. The standard InChI is InChI=1S/C30H35N3O2/c1-23-21-32(22-24(2)33(23)27-16-11-17-28(34)20-27)19-18-30(29(35)31(3)4,25-12-7-5-8-13-25)26-14-9-6-10-15-26/h5-17,20,24,34H,1,18-19,21-22H2,2-4H3. The van der Waals surface area contributed by atoms with Crippen LogP contribution in [0.25, 0.3) is 0 Å². The molecular formula is C30H35N3O2. The maximum Gasteiger partial charge on any atom is 0.237 e. The van der Waals surface area contributed by atoms with Crippen molar-refractivity contribution in [2.45, 2.75) is 24.8 Å². The molecule has 4 rings (SSSR count). The first kappa shape index (κ1) is 24.6. The summed E-state index contributed by atoms with van der Waals surface area (Å²) in [6.07, 6.45) is 0.657. The molecular weight excluding hydrogens is 434 g/mol. The number of hydrogen-bond donors (Lipinski definition) is 1. The molecule has 0 saturated carbocycles. The zero-order valence-corrected chi connectivity index (χ0v) is 20.9. The first-order chi connectivity index (χ1) is 16.8. The van der Waals surface area contributed by atoms with Gasteiger partial charge in [-0.15, -0.1) is 0 Å². The van der Waals surface area contributed by atoms with E-state index >= 15 is 0 Å². The van der Waals surface area contributed by atoms with Crippen molar-refractivity contribution in [3.8, 4) is 5.75 Å². The van der Waals surface area contributed by atoms with Gasteiger partial charge in [0.25, 0.3) is 0 Å². The molecule has 0 bridgehead atoms. The fourth-order valence-electron chi connectivity index (χ4n) is 5.38. The second kappa shape index (κ2) is 10.4. The zero-order valence-electron chi connectivity index (χ0n) is 20.9. The Morgan fingerprint density at radius 1 is 1.00 bits per heavy atom. The van der Waals surface area contributed by atoms with Gasteiger partial charge in [-0.3, -0.25) is 9.69 Å². The largest absolute Gasteiger partial charge is 0.508 e. The highest BCUT2D eigenvalue weighted by Crippen LogP contribution is 2.38. The summed E-state index contributed by atoms with van der Waals surface area (Å²) in [6.45, 7) is 8.82. The van der Waals surface area contributed by atoms with Gasteiger partial charge in [-0.05, 0) is 36.6 Å². The van der Waals surface area contributed by atoms with Gasteiger partial charge in [-0.25, -0.2) is 0 Å². The number of carbonyl (C=O) groups is 1. The SMILES string of the molecule is C=C1CN(CCC(C(=O)N(C)C)(c2ccccc2)c2ccccc2)CC(C)N1c1cccc(O)c1. The number of benzene rings is 3. The van der Waals surface area contributed by atoms with E-state index < -0.39 is 5.41 Å². The quantitative estimate of drug-likeness (QED) is 0.536. The number of nitrogens with zero attached hydrogens (tertiary/aromatic N) is 3. The number of piperazine rings is 1. The van der Waals surface area contributed by atoms with E-state index in [2.05, 4.69) is 47.6 Å². The van der Waals surface area contributed by atoms with Crippen LogP contribution in [0, 0.1) is 0 Å². The number of hydrogen-bond acceptors (Lipinski definition) is 4. The third-order valence-corrected chi connectivity index (χ3v) is 6.93. The van der Waals surface area contributed by atoms with Crippen molar-refractivity contribution in [1.29, 1.82) is 0 Å². The number of anilines is 1. The lowest BCUT2D eigenvalue weighted by Gasteiger charge is -2.44. The maximum absolute atomic E-state index is 13.9. The Labute approximate surface area is 208 Å². The molecule has 1 atom stereocenters. The number of phenols is 1. The van der Waals surface area contributed by atoms with E-state index in [-0.39, 0.29) is 17.7 Å². The van der Waals surface area contributed by atoms with Gasteiger partial charge in [0.05, 0.1) is 0 Å². The summed E-state index contributed by atoms with van der Waals surface area (Å²) in [7, 11) is 3.67. The van der Waals surface area contributed by atoms with Crippen molar-refractivity contribution in [3.63, 3.8) is 0 Å². The lowest BCUT2D eigenvalue weighted by molar-refractivity contribution is -0.133. The van der Waals surface area contributed by atoms with Gasteiger partial charge in [0.2, 0.25) is 5.91 Å². The van der Waals surface area contributed by atoms with Crippen molar-refractivity contribution in [2.75, 3.05) is 38.6 Å². The second-order valence-corrected chi connectivity index (χ2v) is 9.63. The Hall–Kier alpha value is -3.57. The molecule has 1 aliphatic heterocycles. The molecule has 0 aliphatic carbocycles. The summed E-state index contributed by atoms with van der Waals surface area (Å²) in [5.41, 5.74) is 3.18. The summed E-state index contributed by atoms with van der Waals surface area (Å²) in [4.78, 5) is 20.2. The predicted octanol–water partition coefficient (Wildman–Crippen LogP) is 4.88. The Balaban J connectivity index is 1.63. The topological polar surface area (TPSA) is 47.0 Å². The highest BCUT2D eigenvalue weighted by atomic mass is 16.3. The molecule has 1 amide bonds. The van der Waals surface area contributed by atoms with Crippen LogP contribution in [-0.2, 0) is 10.2 Å². The van der Waals surface area contributed by atoms with Crippen molar-refractivity contribution < 1.29 is 9.90 Å². The van der Waals surface area contributed by atoms with Crippen LogP contribution in [0.4, 0.5) is 5.69 Å². The number of amides is 1. The predicted molar refractivity (Wildman–Crippen MR) is 143 cm³/mol. The van der Waals surface area contributed by atoms with E-state index in [0.717, 1.165) is 35.6 Å². The normalized spacial score (nSPS) is 16.8. The number of rotatable bonds is 7. The first-order valence-electron chi connectivity index (χ1n) is 12.1. The first-order valence-corrected chi connectivity index (χ1v) is 12.1. The van der Waals surface area contributed by atoms with E-state index in [4.69, 9.17) is 0 Å². The third-order valence-electron chi connectivity index (χ3n) is 6.93. The van der Waals surface area contributed by atoms with Gasteiger partial charge < -0.3 is 14.9 Å². The van der Waals surface area contributed by atoms with Crippen LogP contribution >= 0.6 is 0 Å². The molecule has 0 radical (unpaired) electrons. The van der Waals surface area contributed by atoms with Crippen LogP contribution in [0.1, 0.15) is 24.5 Å². The minimum atomic E-state index is -0.779.